The van der Waals surface area contributed by atoms with Crippen molar-refractivity contribution in [2.45, 2.75) is 24.5 Å². The topological polar surface area (TPSA) is 87.7 Å². The van der Waals surface area contributed by atoms with Crippen molar-refractivity contribution in [2.24, 2.45) is 10.9 Å². The minimum Gasteiger partial charge on any atom is -0.409 e. The smallest absolute Gasteiger partial charge is 0.251 e. The Hall–Kier alpha value is -1.69. The highest BCUT2D eigenvalue weighted by Gasteiger charge is 2.15. The van der Waals surface area contributed by atoms with Crippen LogP contribution in [0.5, 0.6) is 0 Å². The maximum absolute atomic E-state index is 12.1. The molecule has 1 aromatic rings. The molecule has 0 radical (unpaired) electrons. The summed E-state index contributed by atoms with van der Waals surface area (Å²) in [5.41, 5.74) is 6.58. The summed E-state index contributed by atoms with van der Waals surface area (Å²) < 4.78 is 0. The highest BCUT2D eigenvalue weighted by atomic mass is 32.2. The van der Waals surface area contributed by atoms with E-state index in [1.807, 2.05) is 11.8 Å². The second-order valence-corrected chi connectivity index (χ2v) is 6.17. The van der Waals surface area contributed by atoms with E-state index in [4.69, 9.17) is 10.9 Å². The van der Waals surface area contributed by atoms with Gasteiger partial charge in [-0.3, -0.25) is 4.79 Å². The number of nitrogens with one attached hydrogen (secondary N) is 1. The molecule has 20 heavy (non-hydrogen) atoms. The Labute approximate surface area is 122 Å². The molecule has 1 heterocycles. The molecule has 0 aliphatic carbocycles. The molecule has 1 amide bonds. The molecule has 0 spiro atoms. The second kappa shape index (κ2) is 7.19. The Bertz CT molecular complexity index is 499. The average Bonchev–Trinajstić information content (AvgIpc) is 2.53. The highest BCUT2D eigenvalue weighted by molar-refractivity contribution is 7.99. The normalized spacial score (nSPS) is 19.6. The van der Waals surface area contributed by atoms with Crippen molar-refractivity contribution in [1.29, 1.82) is 0 Å². The molecule has 1 aliphatic heterocycles. The number of benzene rings is 1. The molecule has 0 aromatic heterocycles. The molecular weight excluding hydrogens is 274 g/mol. The summed E-state index contributed by atoms with van der Waals surface area (Å²) in [5, 5.41) is 15.1. The van der Waals surface area contributed by atoms with Crippen LogP contribution in [0.1, 0.15) is 35.2 Å². The molecule has 2 rings (SSSR count). The third-order valence-electron chi connectivity index (χ3n) is 3.29. The van der Waals surface area contributed by atoms with Crippen LogP contribution in [0.3, 0.4) is 0 Å². The van der Waals surface area contributed by atoms with Crippen LogP contribution in [0.15, 0.2) is 29.4 Å². The van der Waals surface area contributed by atoms with Gasteiger partial charge in [0.25, 0.3) is 5.91 Å². The molecule has 0 saturated carbocycles. The van der Waals surface area contributed by atoms with Crippen molar-refractivity contribution in [3.63, 3.8) is 0 Å². The number of amides is 1. The zero-order valence-electron chi connectivity index (χ0n) is 11.2. The first-order valence-corrected chi connectivity index (χ1v) is 7.73. The first-order chi connectivity index (χ1) is 9.70. The van der Waals surface area contributed by atoms with E-state index in [1.165, 1.54) is 18.6 Å². The van der Waals surface area contributed by atoms with Crippen molar-refractivity contribution in [1.82, 2.24) is 5.32 Å². The van der Waals surface area contributed by atoms with Gasteiger partial charge in [-0.15, -0.1) is 0 Å². The fourth-order valence-corrected chi connectivity index (χ4v) is 3.39. The fourth-order valence-electron chi connectivity index (χ4n) is 2.15. The van der Waals surface area contributed by atoms with Crippen molar-refractivity contribution in [3.8, 4) is 0 Å². The molecule has 6 heteroatoms. The molecule has 1 aromatic carbocycles. The van der Waals surface area contributed by atoms with Crippen molar-refractivity contribution < 1.29 is 10.0 Å². The molecule has 1 unspecified atom stereocenters. The van der Waals surface area contributed by atoms with Crippen LogP contribution in [-0.4, -0.2) is 34.5 Å². The largest absolute Gasteiger partial charge is 0.409 e. The molecule has 1 atom stereocenters. The van der Waals surface area contributed by atoms with Gasteiger partial charge in [-0.25, -0.2) is 0 Å². The first-order valence-electron chi connectivity index (χ1n) is 6.68. The van der Waals surface area contributed by atoms with E-state index < -0.39 is 0 Å². The van der Waals surface area contributed by atoms with Crippen LogP contribution in [0.2, 0.25) is 0 Å². The first kappa shape index (κ1) is 14.7. The van der Waals surface area contributed by atoms with Gasteiger partial charge in [0.1, 0.15) is 0 Å². The Kier molecular flexibility index (Phi) is 5.29. The summed E-state index contributed by atoms with van der Waals surface area (Å²) in [4.78, 5) is 12.1. The minimum atomic E-state index is -0.122. The Balaban J connectivity index is 1.94. The number of amidine groups is 1. The summed E-state index contributed by atoms with van der Waals surface area (Å²) in [6, 6.07) is 6.76. The van der Waals surface area contributed by atoms with Gasteiger partial charge in [0.05, 0.1) is 0 Å². The minimum absolute atomic E-state index is 0.00230. The summed E-state index contributed by atoms with van der Waals surface area (Å²) in [6.07, 6.45) is 3.68. The molecule has 1 saturated heterocycles. The van der Waals surface area contributed by atoms with E-state index in [2.05, 4.69) is 10.5 Å². The van der Waals surface area contributed by atoms with Gasteiger partial charge in [-0.05, 0) is 30.7 Å². The molecule has 5 nitrogen and oxygen atoms in total. The Morgan fingerprint density at radius 3 is 2.95 bits per heavy atom. The van der Waals surface area contributed by atoms with E-state index in [0.29, 0.717) is 22.9 Å². The monoisotopic (exact) mass is 293 g/mol. The number of hydrogen-bond donors (Lipinski definition) is 3. The second-order valence-electron chi connectivity index (χ2n) is 4.76. The third-order valence-corrected chi connectivity index (χ3v) is 4.69. The van der Waals surface area contributed by atoms with Gasteiger partial charge >= 0.3 is 0 Å². The Morgan fingerprint density at radius 2 is 2.25 bits per heavy atom. The van der Waals surface area contributed by atoms with Crippen LogP contribution in [0, 0.1) is 0 Å². The van der Waals surface area contributed by atoms with Crippen molar-refractivity contribution >= 4 is 23.5 Å². The lowest BCUT2D eigenvalue weighted by Gasteiger charge is -2.21. The quantitative estimate of drug-likeness (QED) is 0.342. The van der Waals surface area contributed by atoms with Gasteiger partial charge in [0.2, 0.25) is 0 Å². The maximum Gasteiger partial charge on any atom is 0.251 e. The molecule has 1 aliphatic rings. The standard InChI is InChI=1S/C14H19N3O2S/c15-13(17-19)10-4-3-5-11(8-10)14(18)16-9-12-6-1-2-7-20-12/h3-5,8,12,19H,1-2,6-7,9H2,(H2,15,17)(H,16,18). The molecule has 0 bridgehead atoms. The van der Waals surface area contributed by atoms with E-state index in [-0.39, 0.29) is 11.7 Å². The number of oxime groups is 1. The van der Waals surface area contributed by atoms with Gasteiger partial charge in [-0.2, -0.15) is 11.8 Å². The SMILES string of the molecule is N/C(=N/O)c1cccc(C(=O)NCC2CCCCS2)c1. The summed E-state index contributed by atoms with van der Waals surface area (Å²) >= 11 is 1.93. The summed E-state index contributed by atoms with van der Waals surface area (Å²) in [5.74, 6) is 1.06. The number of rotatable bonds is 4. The van der Waals surface area contributed by atoms with E-state index in [0.717, 1.165) is 6.42 Å². The summed E-state index contributed by atoms with van der Waals surface area (Å²) in [7, 11) is 0. The molecular formula is C14H19N3O2S. The number of carbonyl (C=O) groups excluding carboxylic acids is 1. The predicted molar refractivity (Wildman–Crippen MR) is 81.4 cm³/mol. The van der Waals surface area contributed by atoms with Gasteiger partial charge in [-0.1, -0.05) is 23.7 Å². The van der Waals surface area contributed by atoms with E-state index >= 15 is 0 Å². The van der Waals surface area contributed by atoms with Crippen LogP contribution in [-0.2, 0) is 0 Å². The van der Waals surface area contributed by atoms with Crippen molar-refractivity contribution in [2.75, 3.05) is 12.3 Å². The highest BCUT2D eigenvalue weighted by Crippen LogP contribution is 2.24. The number of nitrogens with two attached hydrogens (primary N) is 1. The molecule has 1 fully saturated rings. The lowest BCUT2D eigenvalue weighted by Crippen LogP contribution is -2.32. The number of carbonyl (C=O) groups is 1. The summed E-state index contributed by atoms with van der Waals surface area (Å²) in [6.45, 7) is 0.692. The Morgan fingerprint density at radius 1 is 1.45 bits per heavy atom. The predicted octanol–water partition coefficient (Wildman–Crippen LogP) is 1.80. The average molecular weight is 293 g/mol. The van der Waals surface area contributed by atoms with E-state index in [1.54, 1.807) is 24.3 Å². The lowest BCUT2D eigenvalue weighted by molar-refractivity contribution is 0.0953. The van der Waals surface area contributed by atoms with Crippen LogP contribution in [0.4, 0.5) is 0 Å². The number of nitrogens with zero attached hydrogens (tertiary/aromatic N) is 1. The number of thioether (sulfide) groups is 1. The number of hydrogen-bond acceptors (Lipinski definition) is 4. The zero-order chi connectivity index (χ0) is 14.4. The maximum atomic E-state index is 12.1. The van der Waals surface area contributed by atoms with E-state index in [9.17, 15) is 4.79 Å². The van der Waals surface area contributed by atoms with Gasteiger partial charge in [0, 0.05) is 22.9 Å². The van der Waals surface area contributed by atoms with Crippen molar-refractivity contribution in [3.05, 3.63) is 35.4 Å². The molecule has 108 valence electrons. The van der Waals surface area contributed by atoms with Gasteiger partial charge < -0.3 is 16.3 Å². The van der Waals surface area contributed by atoms with Crippen LogP contribution in [0.25, 0.3) is 0 Å². The third kappa shape index (κ3) is 3.90. The van der Waals surface area contributed by atoms with Crippen LogP contribution >= 0.6 is 11.8 Å². The fraction of sp³-hybridized carbons (Fsp3) is 0.429. The molecule has 4 N–H and O–H groups in total. The lowest BCUT2D eigenvalue weighted by atomic mass is 10.1. The zero-order valence-corrected chi connectivity index (χ0v) is 12.0. The van der Waals surface area contributed by atoms with Gasteiger partial charge in [0.15, 0.2) is 5.84 Å². The van der Waals surface area contributed by atoms with Crippen LogP contribution < -0.4 is 11.1 Å².